The molecule has 0 aliphatic carbocycles. The predicted octanol–water partition coefficient (Wildman–Crippen LogP) is 3.85. The van der Waals surface area contributed by atoms with Crippen LogP contribution in [-0.4, -0.2) is 26.3 Å². The Morgan fingerprint density at radius 3 is 2.75 bits per heavy atom. The highest BCUT2D eigenvalue weighted by Crippen LogP contribution is 2.26. The SMILES string of the molecule is Nc1ccc(-c2ncc3c(n2)CCN(Cc2cc([N+](=O)[O-])ccc2Cl)C3)cc1. The summed E-state index contributed by atoms with van der Waals surface area (Å²) in [7, 11) is 0. The van der Waals surface area contributed by atoms with Crippen LogP contribution in [0.25, 0.3) is 11.4 Å². The summed E-state index contributed by atoms with van der Waals surface area (Å²) >= 11 is 6.24. The number of anilines is 1. The Labute approximate surface area is 166 Å². The number of hydrogen-bond acceptors (Lipinski definition) is 6. The highest BCUT2D eigenvalue weighted by molar-refractivity contribution is 6.31. The largest absolute Gasteiger partial charge is 0.399 e. The molecule has 0 saturated carbocycles. The first-order valence-corrected chi connectivity index (χ1v) is 9.23. The first-order valence-electron chi connectivity index (χ1n) is 8.85. The lowest BCUT2D eigenvalue weighted by molar-refractivity contribution is -0.384. The van der Waals surface area contributed by atoms with Crippen LogP contribution in [0.15, 0.2) is 48.7 Å². The number of fused-ring (bicyclic) bond motifs is 1. The Hall–Kier alpha value is -3.03. The average Bonchev–Trinajstić information content (AvgIpc) is 2.69. The normalized spacial score (nSPS) is 13.9. The average molecular weight is 396 g/mol. The predicted molar refractivity (Wildman–Crippen MR) is 108 cm³/mol. The van der Waals surface area contributed by atoms with Gasteiger partial charge in [0, 0.05) is 66.2 Å². The Morgan fingerprint density at radius 1 is 1.21 bits per heavy atom. The molecular weight excluding hydrogens is 378 g/mol. The molecule has 1 aliphatic rings. The summed E-state index contributed by atoms with van der Waals surface area (Å²) in [5, 5.41) is 11.5. The summed E-state index contributed by atoms with van der Waals surface area (Å²) < 4.78 is 0. The van der Waals surface area contributed by atoms with Crippen molar-refractivity contribution >= 4 is 23.0 Å². The number of hydrogen-bond donors (Lipinski definition) is 1. The summed E-state index contributed by atoms with van der Waals surface area (Å²) in [5.41, 5.74) is 10.3. The molecule has 1 aromatic heterocycles. The van der Waals surface area contributed by atoms with Crippen molar-refractivity contribution in [1.29, 1.82) is 0 Å². The molecule has 0 radical (unpaired) electrons. The number of nitrogens with zero attached hydrogens (tertiary/aromatic N) is 4. The van der Waals surface area contributed by atoms with Gasteiger partial charge in [-0.25, -0.2) is 9.97 Å². The van der Waals surface area contributed by atoms with E-state index >= 15 is 0 Å². The van der Waals surface area contributed by atoms with Crippen LogP contribution in [0.4, 0.5) is 11.4 Å². The standard InChI is InChI=1S/C20H18ClN5O2/c21-18-6-5-17(26(27)28)9-14(18)11-25-8-7-19-15(12-25)10-23-20(24-19)13-1-3-16(22)4-2-13/h1-6,9-10H,7-8,11-12,22H2. The number of aromatic nitrogens is 2. The Kier molecular flexibility index (Phi) is 4.93. The Balaban J connectivity index is 1.52. The van der Waals surface area contributed by atoms with Crippen molar-refractivity contribution in [3.05, 3.63) is 80.6 Å². The molecule has 0 spiro atoms. The van der Waals surface area contributed by atoms with E-state index in [2.05, 4.69) is 9.88 Å². The lowest BCUT2D eigenvalue weighted by Gasteiger charge is -2.28. The molecule has 7 nitrogen and oxygen atoms in total. The van der Waals surface area contributed by atoms with Gasteiger partial charge >= 0.3 is 0 Å². The number of nitrogen functional groups attached to an aromatic ring is 1. The van der Waals surface area contributed by atoms with Gasteiger partial charge in [-0.1, -0.05) is 11.6 Å². The van der Waals surface area contributed by atoms with Crippen LogP contribution in [-0.2, 0) is 19.5 Å². The quantitative estimate of drug-likeness (QED) is 0.409. The topological polar surface area (TPSA) is 98.2 Å². The Morgan fingerprint density at radius 2 is 2.00 bits per heavy atom. The van der Waals surface area contributed by atoms with Crippen LogP contribution in [0.3, 0.4) is 0 Å². The van der Waals surface area contributed by atoms with Crippen molar-refractivity contribution < 1.29 is 4.92 Å². The van der Waals surface area contributed by atoms with E-state index in [1.807, 2.05) is 30.5 Å². The van der Waals surface area contributed by atoms with E-state index in [1.54, 1.807) is 12.1 Å². The zero-order chi connectivity index (χ0) is 19.7. The van der Waals surface area contributed by atoms with Crippen LogP contribution >= 0.6 is 11.6 Å². The maximum Gasteiger partial charge on any atom is 0.269 e. The van der Waals surface area contributed by atoms with Gasteiger partial charge in [0.25, 0.3) is 5.69 Å². The minimum Gasteiger partial charge on any atom is -0.399 e. The molecule has 142 valence electrons. The van der Waals surface area contributed by atoms with Crippen molar-refractivity contribution in [2.45, 2.75) is 19.5 Å². The molecule has 1 aliphatic heterocycles. The number of benzene rings is 2. The van der Waals surface area contributed by atoms with Gasteiger partial charge in [0.15, 0.2) is 5.82 Å². The number of rotatable bonds is 4. The molecule has 2 N–H and O–H groups in total. The minimum atomic E-state index is -0.405. The van der Waals surface area contributed by atoms with Gasteiger partial charge in [-0.15, -0.1) is 0 Å². The number of nitro benzene ring substituents is 1. The highest BCUT2D eigenvalue weighted by atomic mass is 35.5. The Bertz CT molecular complexity index is 1040. The lowest BCUT2D eigenvalue weighted by Crippen LogP contribution is -2.31. The van der Waals surface area contributed by atoms with E-state index in [-0.39, 0.29) is 5.69 Å². The molecule has 2 aromatic carbocycles. The molecule has 0 bridgehead atoms. The van der Waals surface area contributed by atoms with Gasteiger partial charge in [-0.3, -0.25) is 15.0 Å². The molecule has 0 unspecified atom stereocenters. The fourth-order valence-electron chi connectivity index (χ4n) is 3.32. The number of nitro groups is 1. The van der Waals surface area contributed by atoms with E-state index in [4.69, 9.17) is 22.3 Å². The summed E-state index contributed by atoms with van der Waals surface area (Å²) in [6, 6.07) is 12.0. The van der Waals surface area contributed by atoms with Crippen LogP contribution in [0.1, 0.15) is 16.8 Å². The van der Waals surface area contributed by atoms with E-state index in [0.717, 1.165) is 35.3 Å². The maximum atomic E-state index is 11.0. The second kappa shape index (κ2) is 7.53. The van der Waals surface area contributed by atoms with Crippen molar-refractivity contribution in [3.63, 3.8) is 0 Å². The second-order valence-electron chi connectivity index (χ2n) is 6.78. The minimum absolute atomic E-state index is 0.0493. The first kappa shape index (κ1) is 18.3. The zero-order valence-electron chi connectivity index (χ0n) is 15.0. The number of halogens is 1. The van der Waals surface area contributed by atoms with Crippen LogP contribution < -0.4 is 5.73 Å². The van der Waals surface area contributed by atoms with Gasteiger partial charge < -0.3 is 5.73 Å². The number of nitrogens with two attached hydrogens (primary N) is 1. The fourth-order valence-corrected chi connectivity index (χ4v) is 3.49. The van der Waals surface area contributed by atoms with Crippen molar-refractivity contribution in [2.24, 2.45) is 0 Å². The van der Waals surface area contributed by atoms with E-state index in [1.165, 1.54) is 6.07 Å². The third-order valence-corrected chi connectivity index (χ3v) is 5.18. The molecule has 4 rings (SSSR count). The lowest BCUT2D eigenvalue weighted by atomic mass is 10.1. The van der Waals surface area contributed by atoms with E-state index in [9.17, 15) is 10.1 Å². The monoisotopic (exact) mass is 395 g/mol. The van der Waals surface area contributed by atoms with Gasteiger partial charge in [0.05, 0.1) is 10.6 Å². The highest BCUT2D eigenvalue weighted by Gasteiger charge is 2.20. The van der Waals surface area contributed by atoms with Crippen molar-refractivity contribution in [3.8, 4) is 11.4 Å². The smallest absolute Gasteiger partial charge is 0.269 e. The molecule has 0 saturated heterocycles. The molecule has 0 atom stereocenters. The van der Waals surface area contributed by atoms with E-state index in [0.29, 0.717) is 29.6 Å². The van der Waals surface area contributed by atoms with Crippen LogP contribution in [0.5, 0.6) is 0 Å². The van der Waals surface area contributed by atoms with Crippen LogP contribution in [0.2, 0.25) is 5.02 Å². The van der Waals surface area contributed by atoms with Crippen LogP contribution in [0, 0.1) is 10.1 Å². The summed E-state index contributed by atoms with van der Waals surface area (Å²) in [6.45, 7) is 2.01. The molecule has 28 heavy (non-hydrogen) atoms. The maximum absolute atomic E-state index is 11.0. The first-order chi connectivity index (χ1) is 13.5. The zero-order valence-corrected chi connectivity index (χ0v) is 15.8. The number of non-ortho nitro benzene ring substituents is 1. The molecular formula is C20H18ClN5O2. The third kappa shape index (κ3) is 3.81. The van der Waals surface area contributed by atoms with Gasteiger partial charge in [0.2, 0.25) is 0 Å². The van der Waals surface area contributed by atoms with Gasteiger partial charge in [0.1, 0.15) is 0 Å². The van der Waals surface area contributed by atoms with Gasteiger partial charge in [-0.2, -0.15) is 0 Å². The fraction of sp³-hybridized carbons (Fsp3) is 0.200. The van der Waals surface area contributed by atoms with E-state index < -0.39 is 4.92 Å². The van der Waals surface area contributed by atoms with Crippen molar-refractivity contribution in [2.75, 3.05) is 12.3 Å². The summed E-state index contributed by atoms with van der Waals surface area (Å²) in [5.74, 6) is 0.689. The van der Waals surface area contributed by atoms with Gasteiger partial charge in [-0.05, 0) is 35.9 Å². The summed E-state index contributed by atoms with van der Waals surface area (Å²) in [4.78, 5) is 22.0. The second-order valence-corrected chi connectivity index (χ2v) is 7.19. The molecule has 0 amide bonds. The molecule has 2 heterocycles. The molecule has 0 fully saturated rings. The molecule has 8 heteroatoms. The molecule has 3 aromatic rings. The third-order valence-electron chi connectivity index (χ3n) is 4.82. The van der Waals surface area contributed by atoms with Crippen molar-refractivity contribution in [1.82, 2.24) is 14.9 Å². The summed E-state index contributed by atoms with van der Waals surface area (Å²) in [6.07, 6.45) is 2.64.